The molecule has 2 aliphatic rings. The lowest BCUT2D eigenvalue weighted by atomic mass is 9.71. The molecule has 0 spiro atoms. The molecular weight excluding hydrogens is 312 g/mol. The lowest BCUT2D eigenvalue weighted by molar-refractivity contribution is -0.137. The van der Waals surface area contributed by atoms with Gasteiger partial charge in [-0.25, -0.2) is 10.2 Å². The van der Waals surface area contributed by atoms with Crippen LogP contribution >= 0.6 is 0 Å². The second-order valence-corrected chi connectivity index (χ2v) is 7.05. The molecule has 5 atom stereocenters. The summed E-state index contributed by atoms with van der Waals surface area (Å²) in [5.74, 6) is -0.679. The first-order valence-electron chi connectivity index (χ1n) is 8.42. The number of nitrogens with zero attached hydrogens (tertiary/aromatic N) is 1. The number of amides is 4. The monoisotopic (exact) mass is 338 g/mol. The van der Waals surface area contributed by atoms with E-state index in [0.717, 1.165) is 12.8 Å². The van der Waals surface area contributed by atoms with E-state index in [0.29, 0.717) is 24.5 Å². The Hall–Kier alpha value is -1.96. The van der Waals surface area contributed by atoms with Crippen LogP contribution in [0.15, 0.2) is 5.10 Å². The van der Waals surface area contributed by atoms with E-state index in [1.807, 2.05) is 6.92 Å². The molecule has 1 saturated carbocycles. The van der Waals surface area contributed by atoms with Crippen molar-refractivity contribution in [3.63, 3.8) is 0 Å². The molecule has 8 heteroatoms. The zero-order chi connectivity index (χ0) is 17.9. The second kappa shape index (κ2) is 7.74. The fraction of sp³-hybridized carbons (Fsp3) is 0.750. The van der Waals surface area contributed by atoms with Gasteiger partial charge in [-0.1, -0.05) is 13.8 Å². The summed E-state index contributed by atoms with van der Waals surface area (Å²) < 4.78 is 0. The minimum Gasteiger partial charge on any atom is -0.392 e. The van der Waals surface area contributed by atoms with Crippen molar-refractivity contribution in [1.82, 2.24) is 10.7 Å². The Labute approximate surface area is 141 Å². The van der Waals surface area contributed by atoms with Gasteiger partial charge in [0.25, 0.3) is 0 Å². The van der Waals surface area contributed by atoms with E-state index in [1.165, 1.54) is 0 Å². The number of hydrazone groups is 1. The zero-order valence-corrected chi connectivity index (χ0v) is 14.1. The molecule has 1 heterocycles. The van der Waals surface area contributed by atoms with Crippen LogP contribution in [0.1, 0.15) is 46.0 Å². The van der Waals surface area contributed by atoms with Gasteiger partial charge in [0.2, 0.25) is 11.8 Å². The minimum atomic E-state index is -0.757. The molecule has 0 aromatic heterocycles. The number of hydrogen-bond donors (Lipinski definition) is 4. The van der Waals surface area contributed by atoms with Crippen molar-refractivity contribution < 1.29 is 19.5 Å². The summed E-state index contributed by atoms with van der Waals surface area (Å²) >= 11 is 0. The smallest absolute Gasteiger partial charge is 0.332 e. The Morgan fingerprint density at radius 3 is 2.75 bits per heavy atom. The Kier molecular flexibility index (Phi) is 5.93. The third-order valence-electron chi connectivity index (χ3n) is 4.94. The van der Waals surface area contributed by atoms with Gasteiger partial charge in [0.1, 0.15) is 0 Å². The summed E-state index contributed by atoms with van der Waals surface area (Å²) in [5.41, 5.74) is 8.05. The topological polar surface area (TPSA) is 134 Å². The van der Waals surface area contributed by atoms with Gasteiger partial charge < -0.3 is 10.8 Å². The van der Waals surface area contributed by atoms with Gasteiger partial charge in [0.05, 0.1) is 6.10 Å². The highest BCUT2D eigenvalue weighted by molar-refractivity contribution is 5.98. The van der Waals surface area contributed by atoms with Crippen LogP contribution in [0.25, 0.3) is 0 Å². The molecule has 5 unspecified atom stereocenters. The molecule has 4 amide bonds. The fourth-order valence-electron chi connectivity index (χ4n) is 3.83. The maximum atomic E-state index is 11.9. The standard InChI is InChI=1S/C16H26N4O4/c1-8-5-9(2)14(19-20-16(17)24)11(6-8)12(21)7-10-3-4-13(22)18-15(10)23/h8-12,21H,3-7H2,1-2H3,(H3,17,20,24)(H,18,22,23)/b19-14-. The average molecular weight is 338 g/mol. The number of aliphatic hydroxyl groups excluding tert-OH is 1. The quantitative estimate of drug-likeness (QED) is 0.438. The Balaban J connectivity index is 2.09. The van der Waals surface area contributed by atoms with Gasteiger partial charge in [0.15, 0.2) is 0 Å². The van der Waals surface area contributed by atoms with Crippen LogP contribution in [0.2, 0.25) is 0 Å². The first-order chi connectivity index (χ1) is 11.3. The molecule has 8 nitrogen and oxygen atoms in total. The molecule has 5 N–H and O–H groups in total. The van der Waals surface area contributed by atoms with Crippen LogP contribution in [0.4, 0.5) is 4.79 Å². The van der Waals surface area contributed by atoms with Gasteiger partial charge in [-0.05, 0) is 37.5 Å². The molecule has 0 aromatic carbocycles. The Bertz CT molecular complexity index is 548. The minimum absolute atomic E-state index is 0.113. The Morgan fingerprint density at radius 2 is 2.12 bits per heavy atom. The van der Waals surface area contributed by atoms with Crippen LogP contribution in [0.3, 0.4) is 0 Å². The van der Waals surface area contributed by atoms with Crippen LogP contribution in [0, 0.1) is 23.7 Å². The van der Waals surface area contributed by atoms with E-state index < -0.39 is 12.1 Å². The number of nitrogens with one attached hydrogen (secondary N) is 2. The van der Waals surface area contributed by atoms with Crippen molar-refractivity contribution in [2.45, 2.75) is 52.1 Å². The summed E-state index contributed by atoms with van der Waals surface area (Å²) in [6, 6.07) is -0.744. The number of urea groups is 1. The Morgan fingerprint density at radius 1 is 1.42 bits per heavy atom. The van der Waals surface area contributed by atoms with Crippen LogP contribution in [-0.4, -0.2) is 34.8 Å². The van der Waals surface area contributed by atoms with Crippen molar-refractivity contribution in [3.05, 3.63) is 0 Å². The molecule has 0 radical (unpaired) electrons. The maximum Gasteiger partial charge on any atom is 0.332 e. The highest BCUT2D eigenvalue weighted by Crippen LogP contribution is 2.35. The summed E-state index contributed by atoms with van der Waals surface area (Å²) in [5, 5.41) is 17.1. The fourth-order valence-corrected chi connectivity index (χ4v) is 3.83. The van der Waals surface area contributed by atoms with E-state index in [-0.39, 0.29) is 36.0 Å². The van der Waals surface area contributed by atoms with Gasteiger partial charge in [-0.2, -0.15) is 5.10 Å². The van der Waals surface area contributed by atoms with Crippen molar-refractivity contribution in [1.29, 1.82) is 0 Å². The zero-order valence-electron chi connectivity index (χ0n) is 14.1. The van der Waals surface area contributed by atoms with Gasteiger partial charge >= 0.3 is 6.03 Å². The van der Waals surface area contributed by atoms with Gasteiger partial charge in [-0.3, -0.25) is 14.9 Å². The summed E-state index contributed by atoms with van der Waals surface area (Å²) in [7, 11) is 0. The van der Waals surface area contributed by atoms with Crippen molar-refractivity contribution >= 4 is 23.6 Å². The maximum absolute atomic E-state index is 11.9. The number of hydrogen-bond acceptors (Lipinski definition) is 5. The van der Waals surface area contributed by atoms with Crippen LogP contribution < -0.4 is 16.5 Å². The highest BCUT2D eigenvalue weighted by Gasteiger charge is 2.38. The lowest BCUT2D eigenvalue weighted by Gasteiger charge is -2.37. The van der Waals surface area contributed by atoms with Crippen molar-refractivity contribution in [2.24, 2.45) is 34.5 Å². The first-order valence-corrected chi connectivity index (χ1v) is 8.42. The molecule has 2 fully saturated rings. The number of piperidine rings is 1. The molecule has 0 bridgehead atoms. The predicted molar refractivity (Wildman–Crippen MR) is 87.7 cm³/mol. The molecule has 1 aliphatic heterocycles. The number of imide groups is 1. The lowest BCUT2D eigenvalue weighted by Crippen LogP contribution is -2.45. The van der Waals surface area contributed by atoms with E-state index in [4.69, 9.17) is 5.73 Å². The number of carbonyl (C=O) groups is 3. The third-order valence-corrected chi connectivity index (χ3v) is 4.94. The average Bonchev–Trinajstić information content (AvgIpc) is 2.48. The molecule has 2 rings (SSSR count). The van der Waals surface area contributed by atoms with Crippen molar-refractivity contribution in [3.8, 4) is 0 Å². The normalized spacial score (nSPS) is 33.9. The predicted octanol–water partition coefficient (Wildman–Crippen LogP) is 0.497. The number of rotatable bonds is 4. The van der Waals surface area contributed by atoms with E-state index in [9.17, 15) is 19.5 Å². The largest absolute Gasteiger partial charge is 0.392 e. The molecule has 134 valence electrons. The summed E-state index contributed by atoms with van der Waals surface area (Å²) in [4.78, 5) is 34.1. The third kappa shape index (κ3) is 4.53. The molecule has 1 saturated heterocycles. The van der Waals surface area contributed by atoms with E-state index >= 15 is 0 Å². The first kappa shape index (κ1) is 18.4. The molecular formula is C16H26N4O4. The summed E-state index contributed by atoms with van der Waals surface area (Å²) in [6.45, 7) is 4.11. The highest BCUT2D eigenvalue weighted by atomic mass is 16.3. The van der Waals surface area contributed by atoms with Crippen molar-refractivity contribution in [2.75, 3.05) is 0 Å². The molecule has 1 aliphatic carbocycles. The summed E-state index contributed by atoms with van der Waals surface area (Å²) in [6.07, 6.45) is 1.92. The van der Waals surface area contributed by atoms with Crippen LogP contribution in [-0.2, 0) is 9.59 Å². The van der Waals surface area contributed by atoms with Gasteiger partial charge in [-0.15, -0.1) is 0 Å². The number of nitrogens with two attached hydrogens (primary N) is 1. The molecule has 0 aromatic rings. The number of carbonyl (C=O) groups excluding carboxylic acids is 3. The number of primary amides is 1. The van der Waals surface area contributed by atoms with E-state index in [1.54, 1.807) is 0 Å². The second-order valence-electron chi connectivity index (χ2n) is 7.05. The molecule has 24 heavy (non-hydrogen) atoms. The SMILES string of the molecule is CC1CC(C)/C(=N/NC(N)=O)C(C(O)CC2CCC(=O)NC2=O)C1. The van der Waals surface area contributed by atoms with Crippen LogP contribution in [0.5, 0.6) is 0 Å². The van der Waals surface area contributed by atoms with Gasteiger partial charge in [0, 0.05) is 24.0 Å². The van der Waals surface area contributed by atoms with E-state index in [2.05, 4.69) is 22.8 Å². The number of aliphatic hydroxyl groups is 1.